The lowest BCUT2D eigenvalue weighted by atomic mass is 10.0. The van der Waals surface area contributed by atoms with Crippen molar-refractivity contribution >= 4 is 12.0 Å². The summed E-state index contributed by atoms with van der Waals surface area (Å²) >= 11 is 0. The summed E-state index contributed by atoms with van der Waals surface area (Å²) in [4.78, 5) is 23.4. The fourth-order valence-corrected chi connectivity index (χ4v) is 1.80. The topological polar surface area (TPSA) is 67.4 Å². The quantitative estimate of drug-likeness (QED) is 0.832. The molecule has 0 spiro atoms. The number of amides is 2. The van der Waals surface area contributed by atoms with Crippen LogP contribution >= 0.6 is 0 Å². The van der Waals surface area contributed by atoms with Gasteiger partial charge in [-0.3, -0.25) is 4.79 Å². The maximum Gasteiger partial charge on any atom is 0.422 e. The molecule has 1 unspecified atom stereocenters. The fourth-order valence-electron chi connectivity index (χ4n) is 1.80. The molecule has 0 aliphatic rings. The molecule has 1 atom stereocenters. The summed E-state index contributed by atoms with van der Waals surface area (Å²) in [6.07, 6.45) is -5.75. The Morgan fingerprint density at radius 3 is 2.25 bits per heavy atom. The van der Waals surface area contributed by atoms with E-state index in [9.17, 15) is 22.8 Å². The summed E-state index contributed by atoms with van der Waals surface area (Å²) in [6, 6.07) is 6.36. The zero-order chi connectivity index (χ0) is 18.3. The summed E-state index contributed by atoms with van der Waals surface area (Å²) in [5, 5.41) is 4.98. The number of carbonyl (C=O) groups excluding carboxylic acids is 2. The normalized spacial score (nSPS) is 12.6. The monoisotopic (exact) mass is 346 g/mol. The number of rotatable bonds is 6. The standard InChI is InChI=1S/C16H21F3N2O3/c1-10(2)13(21-15(23)24-9-16(17,18)19)8-20-14(22)12-6-4-11(3)5-7-12/h4-7,10,13H,8-9H2,1-3H3,(H,20,22)(H,21,23). The lowest BCUT2D eigenvalue weighted by molar-refractivity contribution is -0.160. The third-order valence-corrected chi connectivity index (χ3v) is 3.27. The van der Waals surface area contributed by atoms with Gasteiger partial charge < -0.3 is 15.4 Å². The zero-order valence-electron chi connectivity index (χ0n) is 13.7. The van der Waals surface area contributed by atoms with E-state index < -0.39 is 24.9 Å². The molecule has 2 amide bonds. The van der Waals surface area contributed by atoms with Crippen LogP contribution in [0.5, 0.6) is 0 Å². The van der Waals surface area contributed by atoms with E-state index in [1.54, 1.807) is 38.1 Å². The average molecular weight is 346 g/mol. The average Bonchev–Trinajstić information content (AvgIpc) is 2.48. The zero-order valence-corrected chi connectivity index (χ0v) is 13.7. The van der Waals surface area contributed by atoms with Crippen molar-refractivity contribution in [2.45, 2.75) is 33.0 Å². The van der Waals surface area contributed by atoms with Crippen molar-refractivity contribution < 1.29 is 27.5 Å². The number of benzene rings is 1. The SMILES string of the molecule is Cc1ccc(C(=O)NCC(NC(=O)OCC(F)(F)F)C(C)C)cc1. The highest BCUT2D eigenvalue weighted by Gasteiger charge is 2.30. The highest BCUT2D eigenvalue weighted by molar-refractivity contribution is 5.94. The predicted octanol–water partition coefficient (Wildman–Crippen LogP) is 3.04. The highest BCUT2D eigenvalue weighted by Crippen LogP contribution is 2.14. The van der Waals surface area contributed by atoms with E-state index >= 15 is 0 Å². The molecule has 0 radical (unpaired) electrons. The van der Waals surface area contributed by atoms with Crippen LogP contribution in [0.2, 0.25) is 0 Å². The molecule has 1 aromatic rings. The van der Waals surface area contributed by atoms with Gasteiger partial charge in [-0.15, -0.1) is 0 Å². The lowest BCUT2D eigenvalue weighted by Crippen LogP contribution is -2.47. The Morgan fingerprint density at radius 1 is 1.17 bits per heavy atom. The number of ether oxygens (including phenoxy) is 1. The first-order chi connectivity index (χ1) is 11.1. The number of hydrogen-bond donors (Lipinski definition) is 2. The highest BCUT2D eigenvalue weighted by atomic mass is 19.4. The Bertz CT molecular complexity index is 557. The molecule has 0 saturated heterocycles. The number of hydrogen-bond acceptors (Lipinski definition) is 3. The number of carbonyl (C=O) groups is 2. The van der Waals surface area contributed by atoms with E-state index in [0.29, 0.717) is 5.56 Å². The number of aryl methyl sites for hydroxylation is 1. The molecule has 8 heteroatoms. The van der Waals surface area contributed by atoms with Crippen molar-refractivity contribution in [2.24, 2.45) is 5.92 Å². The second-order valence-corrected chi connectivity index (χ2v) is 5.76. The molecule has 0 bridgehead atoms. The van der Waals surface area contributed by atoms with Gasteiger partial charge in [0.05, 0.1) is 6.04 Å². The van der Waals surface area contributed by atoms with Gasteiger partial charge in [-0.1, -0.05) is 31.5 Å². The smallest absolute Gasteiger partial charge is 0.422 e. The van der Waals surface area contributed by atoms with E-state index in [1.165, 1.54) is 0 Å². The van der Waals surface area contributed by atoms with Gasteiger partial charge in [0.1, 0.15) is 0 Å². The van der Waals surface area contributed by atoms with Gasteiger partial charge >= 0.3 is 12.3 Å². The number of halogens is 3. The largest absolute Gasteiger partial charge is 0.440 e. The van der Waals surface area contributed by atoms with Crippen molar-refractivity contribution in [3.05, 3.63) is 35.4 Å². The molecular formula is C16H21F3N2O3. The van der Waals surface area contributed by atoms with Crippen molar-refractivity contribution in [1.82, 2.24) is 10.6 Å². The Kier molecular flexibility index (Phi) is 7.06. The van der Waals surface area contributed by atoms with Crippen LogP contribution in [0.3, 0.4) is 0 Å². The van der Waals surface area contributed by atoms with E-state index in [2.05, 4.69) is 15.4 Å². The van der Waals surface area contributed by atoms with Gasteiger partial charge in [0, 0.05) is 12.1 Å². The first-order valence-electron chi connectivity index (χ1n) is 7.43. The molecule has 0 heterocycles. The molecule has 2 N–H and O–H groups in total. The van der Waals surface area contributed by atoms with Crippen LogP contribution in [-0.4, -0.2) is 37.4 Å². The summed E-state index contributed by atoms with van der Waals surface area (Å²) in [7, 11) is 0. The van der Waals surface area contributed by atoms with Crippen LogP contribution in [0.15, 0.2) is 24.3 Å². The predicted molar refractivity (Wildman–Crippen MR) is 82.7 cm³/mol. The molecule has 5 nitrogen and oxygen atoms in total. The van der Waals surface area contributed by atoms with Crippen LogP contribution in [0.4, 0.5) is 18.0 Å². The van der Waals surface area contributed by atoms with Crippen LogP contribution in [-0.2, 0) is 4.74 Å². The minimum atomic E-state index is -4.58. The molecule has 0 aromatic heterocycles. The summed E-state index contributed by atoms with van der Waals surface area (Å²) in [5.74, 6) is -0.437. The van der Waals surface area contributed by atoms with E-state index in [0.717, 1.165) is 5.56 Å². The van der Waals surface area contributed by atoms with E-state index in [-0.39, 0.29) is 18.4 Å². The Balaban J connectivity index is 2.52. The fraction of sp³-hybridized carbons (Fsp3) is 0.500. The third-order valence-electron chi connectivity index (χ3n) is 3.27. The van der Waals surface area contributed by atoms with E-state index in [1.807, 2.05) is 6.92 Å². The lowest BCUT2D eigenvalue weighted by Gasteiger charge is -2.22. The van der Waals surface area contributed by atoms with E-state index in [4.69, 9.17) is 0 Å². The van der Waals surface area contributed by atoms with Crippen LogP contribution in [0.25, 0.3) is 0 Å². The Labute approximate surface area is 138 Å². The molecule has 134 valence electrons. The van der Waals surface area contributed by atoms with Crippen molar-refractivity contribution in [3.8, 4) is 0 Å². The molecular weight excluding hydrogens is 325 g/mol. The summed E-state index contributed by atoms with van der Waals surface area (Å²) < 4.78 is 40.2. The van der Waals surface area contributed by atoms with Gasteiger partial charge in [-0.2, -0.15) is 13.2 Å². The van der Waals surface area contributed by atoms with Crippen LogP contribution < -0.4 is 10.6 Å². The van der Waals surface area contributed by atoms with Gasteiger partial charge in [0.25, 0.3) is 5.91 Å². The summed E-state index contributed by atoms with van der Waals surface area (Å²) in [6.45, 7) is 3.86. The van der Waals surface area contributed by atoms with Gasteiger partial charge in [-0.05, 0) is 25.0 Å². The minimum absolute atomic E-state index is 0.0749. The van der Waals surface area contributed by atoms with Gasteiger partial charge in [0.2, 0.25) is 0 Å². The number of alkyl halides is 3. The molecule has 0 aliphatic heterocycles. The van der Waals surface area contributed by atoms with Gasteiger partial charge in [0.15, 0.2) is 6.61 Å². The second-order valence-electron chi connectivity index (χ2n) is 5.76. The maximum absolute atomic E-state index is 12.0. The molecule has 1 rings (SSSR count). The minimum Gasteiger partial charge on any atom is -0.440 e. The molecule has 0 saturated carbocycles. The van der Waals surface area contributed by atoms with Crippen molar-refractivity contribution in [3.63, 3.8) is 0 Å². The Hall–Kier alpha value is -2.25. The van der Waals surface area contributed by atoms with Crippen LogP contribution in [0, 0.1) is 12.8 Å². The first kappa shape index (κ1) is 19.8. The third kappa shape index (κ3) is 7.34. The molecule has 0 fully saturated rings. The van der Waals surface area contributed by atoms with Crippen molar-refractivity contribution in [2.75, 3.05) is 13.2 Å². The Morgan fingerprint density at radius 2 is 1.75 bits per heavy atom. The second kappa shape index (κ2) is 8.56. The number of alkyl carbamates (subject to hydrolysis) is 1. The first-order valence-corrected chi connectivity index (χ1v) is 7.43. The van der Waals surface area contributed by atoms with Crippen molar-refractivity contribution in [1.29, 1.82) is 0 Å². The number of nitrogens with one attached hydrogen (secondary N) is 2. The molecule has 1 aromatic carbocycles. The van der Waals surface area contributed by atoms with Crippen LogP contribution in [0.1, 0.15) is 29.8 Å². The maximum atomic E-state index is 12.0. The van der Waals surface area contributed by atoms with Gasteiger partial charge in [-0.25, -0.2) is 4.79 Å². The molecule has 0 aliphatic carbocycles. The molecule has 24 heavy (non-hydrogen) atoms. The summed E-state index contributed by atoms with van der Waals surface area (Å²) in [5.41, 5.74) is 1.48.